The highest BCUT2D eigenvalue weighted by molar-refractivity contribution is 7.88. The molecular formula is C17H30N4O3S. The predicted octanol–water partition coefficient (Wildman–Crippen LogP) is 2.00. The maximum absolute atomic E-state index is 11.6. The summed E-state index contributed by atoms with van der Waals surface area (Å²) in [6, 6.07) is 1.92. The lowest BCUT2D eigenvalue weighted by molar-refractivity contribution is 0.181. The lowest BCUT2D eigenvalue weighted by Gasteiger charge is -2.30. The van der Waals surface area contributed by atoms with Crippen molar-refractivity contribution in [2.75, 3.05) is 38.3 Å². The first-order chi connectivity index (χ1) is 11.6. The molecule has 0 bridgehead atoms. The van der Waals surface area contributed by atoms with Crippen molar-refractivity contribution in [2.24, 2.45) is 5.92 Å². The van der Waals surface area contributed by atoms with Gasteiger partial charge in [0.2, 0.25) is 10.0 Å². The fourth-order valence-electron chi connectivity index (χ4n) is 2.84. The molecule has 0 radical (unpaired) electrons. The van der Waals surface area contributed by atoms with Crippen LogP contribution in [0.25, 0.3) is 0 Å². The number of hydrogen-bond acceptors (Lipinski definition) is 6. The average molecular weight is 371 g/mol. The third-order valence-electron chi connectivity index (χ3n) is 4.36. The maximum atomic E-state index is 11.6. The molecule has 0 atom stereocenters. The van der Waals surface area contributed by atoms with Crippen molar-refractivity contribution < 1.29 is 13.2 Å². The van der Waals surface area contributed by atoms with Crippen LogP contribution in [0, 0.1) is 5.92 Å². The summed E-state index contributed by atoms with van der Waals surface area (Å²) in [5.41, 5.74) is 0.720. The first kappa shape index (κ1) is 20.1. The van der Waals surface area contributed by atoms with Gasteiger partial charge in [-0.1, -0.05) is 20.8 Å². The van der Waals surface area contributed by atoms with Gasteiger partial charge in [0.25, 0.3) is 0 Å². The number of piperidine rings is 1. The monoisotopic (exact) mass is 370 g/mol. The molecule has 1 aliphatic rings. The minimum atomic E-state index is -3.07. The van der Waals surface area contributed by atoms with Crippen LogP contribution < -0.4 is 5.32 Å². The van der Waals surface area contributed by atoms with E-state index in [4.69, 9.17) is 4.74 Å². The van der Waals surface area contributed by atoms with Crippen LogP contribution in [0.15, 0.2) is 6.07 Å². The van der Waals surface area contributed by atoms with Crippen molar-refractivity contribution in [3.63, 3.8) is 0 Å². The van der Waals surface area contributed by atoms with E-state index in [0.717, 1.165) is 36.7 Å². The van der Waals surface area contributed by atoms with E-state index >= 15 is 0 Å². The largest absolute Gasteiger partial charge is 0.378 e. The van der Waals surface area contributed by atoms with Crippen LogP contribution in [0.5, 0.6) is 0 Å². The second-order valence-electron chi connectivity index (χ2n) is 7.74. The number of methoxy groups -OCH3 is 1. The van der Waals surface area contributed by atoms with Crippen molar-refractivity contribution >= 4 is 15.8 Å². The number of nitrogens with one attached hydrogen (secondary N) is 1. The van der Waals surface area contributed by atoms with Gasteiger partial charge >= 0.3 is 0 Å². The quantitative estimate of drug-likeness (QED) is 0.824. The van der Waals surface area contributed by atoms with Crippen LogP contribution in [-0.4, -0.2) is 55.7 Å². The third kappa shape index (κ3) is 5.90. The molecule has 0 unspecified atom stereocenters. The van der Waals surface area contributed by atoms with Gasteiger partial charge in [0.1, 0.15) is 11.6 Å². The minimum absolute atomic E-state index is 0.138. The summed E-state index contributed by atoms with van der Waals surface area (Å²) < 4.78 is 29.9. The summed E-state index contributed by atoms with van der Waals surface area (Å²) >= 11 is 0. The van der Waals surface area contributed by atoms with Gasteiger partial charge in [0, 0.05) is 38.2 Å². The molecule has 0 aromatic carbocycles. The van der Waals surface area contributed by atoms with Gasteiger partial charge in [-0.2, -0.15) is 0 Å². The lowest BCUT2D eigenvalue weighted by atomic mass is 9.95. The fraction of sp³-hybridized carbons (Fsp3) is 0.765. The highest BCUT2D eigenvalue weighted by Gasteiger charge is 2.25. The second kappa shape index (κ2) is 7.97. The zero-order chi connectivity index (χ0) is 18.7. The third-order valence-corrected chi connectivity index (χ3v) is 5.66. The Balaban J connectivity index is 2.00. The van der Waals surface area contributed by atoms with Crippen molar-refractivity contribution in [3.05, 3.63) is 17.6 Å². The molecule has 1 saturated heterocycles. The normalized spacial score (nSPS) is 17.6. The van der Waals surface area contributed by atoms with E-state index in [1.165, 1.54) is 6.26 Å². The predicted molar refractivity (Wildman–Crippen MR) is 99.1 cm³/mol. The molecule has 1 aromatic heterocycles. The Morgan fingerprint density at radius 1 is 1.28 bits per heavy atom. The Kier molecular flexibility index (Phi) is 6.40. The van der Waals surface area contributed by atoms with Gasteiger partial charge in [-0.05, 0) is 18.8 Å². The molecule has 2 rings (SSSR count). The van der Waals surface area contributed by atoms with E-state index < -0.39 is 10.0 Å². The molecule has 2 heterocycles. The molecule has 1 fully saturated rings. The minimum Gasteiger partial charge on any atom is -0.378 e. The molecule has 0 saturated carbocycles. The Hall–Kier alpha value is -1.25. The standard InChI is InChI=1S/C17H30N4O3S/c1-17(2,3)16-19-14(12-24-4)10-15(20-16)18-11-13-6-8-21(9-7-13)25(5,22)23/h10,13H,6-9,11-12H2,1-5H3,(H,18,19,20). The molecule has 1 N–H and O–H groups in total. The topological polar surface area (TPSA) is 84.4 Å². The summed E-state index contributed by atoms with van der Waals surface area (Å²) in [5, 5.41) is 3.40. The smallest absolute Gasteiger partial charge is 0.211 e. The summed E-state index contributed by atoms with van der Waals surface area (Å²) in [5.74, 6) is 2.03. The lowest BCUT2D eigenvalue weighted by Crippen LogP contribution is -2.39. The van der Waals surface area contributed by atoms with E-state index in [0.29, 0.717) is 25.6 Å². The Labute approximate surface area is 151 Å². The molecule has 25 heavy (non-hydrogen) atoms. The van der Waals surface area contributed by atoms with Crippen molar-refractivity contribution in [2.45, 2.75) is 45.6 Å². The Bertz CT molecular complexity index is 678. The van der Waals surface area contributed by atoms with Crippen LogP contribution in [0.3, 0.4) is 0 Å². The maximum Gasteiger partial charge on any atom is 0.211 e. The second-order valence-corrected chi connectivity index (χ2v) is 9.72. The van der Waals surface area contributed by atoms with E-state index in [-0.39, 0.29) is 5.41 Å². The van der Waals surface area contributed by atoms with Gasteiger partial charge in [0.05, 0.1) is 18.6 Å². The molecule has 0 amide bonds. The SMILES string of the molecule is COCc1cc(NCC2CCN(S(C)(=O)=O)CC2)nc(C(C)(C)C)n1. The van der Waals surface area contributed by atoms with Gasteiger partial charge in [0.15, 0.2) is 0 Å². The fourth-order valence-corrected chi connectivity index (χ4v) is 3.71. The molecule has 8 heteroatoms. The first-order valence-corrected chi connectivity index (χ1v) is 10.5. The number of hydrogen-bond donors (Lipinski definition) is 1. The van der Waals surface area contributed by atoms with Crippen molar-refractivity contribution in [3.8, 4) is 0 Å². The van der Waals surface area contributed by atoms with Crippen LogP contribution >= 0.6 is 0 Å². The molecule has 1 aliphatic heterocycles. The van der Waals surface area contributed by atoms with Crippen LogP contribution in [0.1, 0.15) is 45.1 Å². The van der Waals surface area contributed by atoms with Gasteiger partial charge in [-0.3, -0.25) is 0 Å². The molecule has 0 spiro atoms. The van der Waals surface area contributed by atoms with Crippen LogP contribution in [0.4, 0.5) is 5.82 Å². The molecule has 142 valence electrons. The summed E-state index contributed by atoms with van der Waals surface area (Å²) in [6.07, 6.45) is 3.00. The van der Waals surface area contributed by atoms with E-state index in [1.54, 1.807) is 11.4 Å². The van der Waals surface area contributed by atoms with Gasteiger partial charge in [-0.25, -0.2) is 22.7 Å². The number of nitrogens with zero attached hydrogens (tertiary/aromatic N) is 3. The summed E-state index contributed by atoms with van der Waals surface area (Å²) in [4.78, 5) is 9.22. The molecule has 7 nitrogen and oxygen atoms in total. The highest BCUT2D eigenvalue weighted by Crippen LogP contribution is 2.23. The zero-order valence-electron chi connectivity index (χ0n) is 15.9. The van der Waals surface area contributed by atoms with Gasteiger partial charge in [-0.15, -0.1) is 0 Å². The molecular weight excluding hydrogens is 340 g/mol. The number of ether oxygens (including phenoxy) is 1. The highest BCUT2D eigenvalue weighted by atomic mass is 32.2. The Morgan fingerprint density at radius 3 is 2.44 bits per heavy atom. The number of anilines is 1. The van der Waals surface area contributed by atoms with Crippen molar-refractivity contribution in [1.29, 1.82) is 0 Å². The zero-order valence-corrected chi connectivity index (χ0v) is 16.7. The Morgan fingerprint density at radius 2 is 1.92 bits per heavy atom. The number of rotatable bonds is 6. The van der Waals surface area contributed by atoms with Crippen molar-refractivity contribution in [1.82, 2.24) is 14.3 Å². The molecule has 0 aliphatic carbocycles. The average Bonchev–Trinajstić information content (AvgIpc) is 2.52. The number of sulfonamides is 1. The summed E-state index contributed by atoms with van der Waals surface area (Å²) in [6.45, 7) is 8.68. The summed E-state index contributed by atoms with van der Waals surface area (Å²) in [7, 11) is -1.42. The van der Waals surface area contributed by atoms with E-state index in [2.05, 4.69) is 36.1 Å². The number of aromatic nitrogens is 2. The van der Waals surface area contributed by atoms with Gasteiger partial charge < -0.3 is 10.1 Å². The molecule has 1 aromatic rings. The van der Waals surface area contributed by atoms with E-state index in [9.17, 15) is 8.42 Å². The first-order valence-electron chi connectivity index (χ1n) is 8.66. The van der Waals surface area contributed by atoms with E-state index in [1.807, 2.05) is 6.07 Å². The van der Waals surface area contributed by atoms with Crippen LogP contribution in [0.2, 0.25) is 0 Å². The van der Waals surface area contributed by atoms with Crippen LogP contribution in [-0.2, 0) is 26.8 Å².